The third-order valence-electron chi connectivity index (χ3n) is 3.90. The summed E-state index contributed by atoms with van der Waals surface area (Å²) < 4.78 is 18.5. The van der Waals surface area contributed by atoms with Gasteiger partial charge in [0, 0.05) is 11.1 Å². The van der Waals surface area contributed by atoms with Gasteiger partial charge in [-0.1, -0.05) is 36.4 Å². The lowest BCUT2D eigenvalue weighted by molar-refractivity contribution is -0.133. The molecule has 1 aliphatic rings. The molecule has 0 aromatic heterocycles. The van der Waals surface area contributed by atoms with Crippen molar-refractivity contribution in [1.29, 1.82) is 0 Å². The maximum Gasteiger partial charge on any atom is 0.341 e. The first-order valence-electron chi connectivity index (χ1n) is 7.71. The van der Waals surface area contributed by atoms with Gasteiger partial charge >= 0.3 is 5.97 Å². The van der Waals surface area contributed by atoms with Crippen molar-refractivity contribution in [3.63, 3.8) is 0 Å². The Balaban J connectivity index is 1.85. The fourth-order valence-electron chi connectivity index (χ4n) is 2.61. The number of hydrogen-bond acceptors (Lipinski definition) is 3. The van der Waals surface area contributed by atoms with E-state index < -0.39 is 11.8 Å². The zero-order chi connectivity index (χ0) is 18.0. The average Bonchev–Trinajstić information content (AvgIpc) is 2.86. The van der Waals surface area contributed by atoms with Crippen molar-refractivity contribution in [3.05, 3.63) is 88.9 Å². The Labute approximate surface area is 144 Å². The highest BCUT2D eigenvalue weighted by Crippen LogP contribution is 2.33. The van der Waals surface area contributed by atoms with E-state index in [1.807, 2.05) is 19.1 Å². The molecule has 0 unspecified atom stereocenters. The molecule has 0 atom stereocenters. The Hall–Kier alpha value is -3.21. The minimum atomic E-state index is -0.589. The van der Waals surface area contributed by atoms with E-state index in [-0.39, 0.29) is 23.8 Å². The Morgan fingerprint density at radius 3 is 2.60 bits per heavy atom. The highest BCUT2D eigenvalue weighted by Gasteiger charge is 2.30. The van der Waals surface area contributed by atoms with Gasteiger partial charge in [0.2, 0.25) is 0 Å². The van der Waals surface area contributed by atoms with Crippen LogP contribution in [0.25, 0.3) is 5.57 Å². The Morgan fingerprint density at radius 1 is 1.20 bits per heavy atom. The molecule has 2 aromatic rings. The number of carbonyl (C=O) groups is 2. The molecular formula is C20H16FNO3. The summed E-state index contributed by atoms with van der Waals surface area (Å²) >= 11 is 0. The van der Waals surface area contributed by atoms with Crippen LogP contribution in [0.4, 0.5) is 4.39 Å². The number of aryl methyl sites for hydroxylation is 1. The van der Waals surface area contributed by atoms with Crippen LogP contribution in [0.5, 0.6) is 0 Å². The van der Waals surface area contributed by atoms with Crippen LogP contribution < -0.4 is 5.32 Å². The van der Waals surface area contributed by atoms with Gasteiger partial charge < -0.3 is 10.1 Å². The summed E-state index contributed by atoms with van der Waals surface area (Å²) in [5, 5.41) is 2.69. The van der Waals surface area contributed by atoms with E-state index >= 15 is 0 Å². The van der Waals surface area contributed by atoms with Gasteiger partial charge in [0.25, 0.3) is 5.91 Å². The highest BCUT2D eigenvalue weighted by atomic mass is 19.1. The van der Waals surface area contributed by atoms with Gasteiger partial charge in [0.05, 0.1) is 12.1 Å². The van der Waals surface area contributed by atoms with Crippen LogP contribution >= 0.6 is 0 Å². The van der Waals surface area contributed by atoms with Gasteiger partial charge in [-0.2, -0.15) is 0 Å². The molecule has 25 heavy (non-hydrogen) atoms. The van der Waals surface area contributed by atoms with Gasteiger partial charge in [-0.15, -0.1) is 0 Å². The molecule has 1 aliphatic heterocycles. The number of halogens is 1. The summed E-state index contributed by atoms with van der Waals surface area (Å²) in [5.41, 5.74) is 2.67. The summed E-state index contributed by atoms with van der Waals surface area (Å²) in [6, 6.07) is 12.9. The van der Waals surface area contributed by atoms with Crippen LogP contribution in [0.3, 0.4) is 0 Å². The molecule has 1 N–H and O–H groups in total. The lowest BCUT2D eigenvalue weighted by Crippen LogP contribution is -2.27. The van der Waals surface area contributed by atoms with Crippen molar-refractivity contribution >= 4 is 17.4 Å². The van der Waals surface area contributed by atoms with Crippen molar-refractivity contribution < 1.29 is 18.7 Å². The van der Waals surface area contributed by atoms with Crippen molar-refractivity contribution in [3.8, 4) is 0 Å². The first kappa shape index (κ1) is 16.6. The Morgan fingerprint density at radius 2 is 1.92 bits per heavy atom. The van der Waals surface area contributed by atoms with Crippen LogP contribution in [0.1, 0.15) is 21.5 Å². The molecular weight excluding hydrogens is 321 g/mol. The standard InChI is InChI=1S/C20H16FNO3/c1-12-6-8-14(9-7-12)19(23)22-11-17-18(13(2)25-20(17)24)15-4-3-5-16(21)10-15/h3-10H,2,11H2,1H3,(H,22,23). The normalized spacial score (nSPS) is 13.8. The van der Waals surface area contributed by atoms with Crippen LogP contribution in [-0.4, -0.2) is 18.4 Å². The second-order valence-electron chi connectivity index (χ2n) is 5.73. The molecule has 0 radical (unpaired) electrons. The van der Waals surface area contributed by atoms with Crippen molar-refractivity contribution in [2.24, 2.45) is 0 Å². The van der Waals surface area contributed by atoms with Crippen LogP contribution in [0.15, 0.2) is 66.4 Å². The van der Waals surface area contributed by atoms with E-state index in [0.717, 1.165) is 5.56 Å². The molecule has 4 nitrogen and oxygen atoms in total. The van der Waals surface area contributed by atoms with Crippen molar-refractivity contribution in [2.45, 2.75) is 6.92 Å². The smallest absolute Gasteiger partial charge is 0.341 e. The van der Waals surface area contributed by atoms with Gasteiger partial charge in [0.1, 0.15) is 11.6 Å². The number of benzene rings is 2. The molecule has 5 heteroatoms. The van der Waals surface area contributed by atoms with E-state index in [2.05, 4.69) is 11.9 Å². The zero-order valence-electron chi connectivity index (χ0n) is 13.6. The third-order valence-corrected chi connectivity index (χ3v) is 3.90. The fraction of sp³-hybridized carbons (Fsp3) is 0.100. The van der Waals surface area contributed by atoms with Gasteiger partial charge in [0.15, 0.2) is 0 Å². The van der Waals surface area contributed by atoms with Gasteiger partial charge in [-0.3, -0.25) is 4.79 Å². The minimum Gasteiger partial charge on any atom is -0.423 e. The van der Waals surface area contributed by atoms with Crippen molar-refractivity contribution in [2.75, 3.05) is 6.54 Å². The number of allylic oxidation sites excluding steroid dienone is 1. The maximum absolute atomic E-state index is 13.5. The summed E-state index contributed by atoms with van der Waals surface area (Å²) in [6.45, 7) is 5.60. The lowest BCUT2D eigenvalue weighted by atomic mass is 10.00. The predicted octanol–water partition coefficient (Wildman–Crippen LogP) is 3.39. The summed E-state index contributed by atoms with van der Waals surface area (Å²) in [5.74, 6) is -1.18. The molecule has 0 spiro atoms. The average molecular weight is 337 g/mol. The lowest BCUT2D eigenvalue weighted by Gasteiger charge is -2.07. The van der Waals surface area contributed by atoms with E-state index in [9.17, 15) is 14.0 Å². The number of rotatable bonds is 4. The van der Waals surface area contributed by atoms with E-state index in [0.29, 0.717) is 16.7 Å². The van der Waals surface area contributed by atoms with E-state index in [1.54, 1.807) is 18.2 Å². The molecule has 0 saturated heterocycles. The Kier molecular flexibility index (Phi) is 4.48. The molecule has 0 fully saturated rings. The Bertz CT molecular complexity index is 897. The molecule has 3 rings (SSSR count). The number of amides is 1. The SMILES string of the molecule is C=C1OC(=O)C(CNC(=O)c2ccc(C)cc2)=C1c1cccc(F)c1. The number of carbonyl (C=O) groups excluding carboxylic acids is 2. The maximum atomic E-state index is 13.5. The third kappa shape index (κ3) is 3.50. The predicted molar refractivity (Wildman–Crippen MR) is 92.1 cm³/mol. The molecule has 126 valence electrons. The van der Waals surface area contributed by atoms with Crippen LogP contribution in [-0.2, 0) is 9.53 Å². The number of hydrogen-bond donors (Lipinski definition) is 1. The van der Waals surface area contributed by atoms with Crippen molar-refractivity contribution in [1.82, 2.24) is 5.32 Å². The van der Waals surface area contributed by atoms with E-state index in [1.165, 1.54) is 18.2 Å². The minimum absolute atomic E-state index is 0.0313. The monoisotopic (exact) mass is 337 g/mol. The second-order valence-corrected chi connectivity index (χ2v) is 5.73. The summed E-state index contributed by atoms with van der Waals surface area (Å²) in [7, 11) is 0. The summed E-state index contributed by atoms with van der Waals surface area (Å²) in [6.07, 6.45) is 0. The first-order chi connectivity index (χ1) is 12.0. The van der Waals surface area contributed by atoms with Gasteiger partial charge in [-0.05, 0) is 36.8 Å². The molecule has 0 aliphatic carbocycles. The molecule has 0 saturated carbocycles. The quantitative estimate of drug-likeness (QED) is 0.870. The first-order valence-corrected chi connectivity index (χ1v) is 7.71. The number of ether oxygens (including phenoxy) is 1. The highest BCUT2D eigenvalue weighted by molar-refractivity contribution is 6.07. The summed E-state index contributed by atoms with van der Waals surface area (Å²) in [4.78, 5) is 24.3. The molecule has 0 bridgehead atoms. The molecule has 2 aromatic carbocycles. The topological polar surface area (TPSA) is 55.4 Å². The molecule has 1 amide bonds. The van der Waals surface area contributed by atoms with Gasteiger partial charge in [-0.25, -0.2) is 9.18 Å². The van der Waals surface area contributed by atoms with Crippen LogP contribution in [0, 0.1) is 12.7 Å². The number of nitrogens with one attached hydrogen (secondary N) is 1. The number of cyclic esters (lactones) is 1. The number of esters is 1. The molecule has 1 heterocycles. The largest absolute Gasteiger partial charge is 0.423 e. The fourth-order valence-corrected chi connectivity index (χ4v) is 2.61. The second kappa shape index (κ2) is 6.73. The van der Waals surface area contributed by atoms with Crippen LogP contribution in [0.2, 0.25) is 0 Å². The van der Waals surface area contributed by atoms with E-state index in [4.69, 9.17) is 4.74 Å². The zero-order valence-corrected chi connectivity index (χ0v) is 13.6.